The number of fused-ring (bicyclic) bond motifs is 12. The molecule has 0 atom stereocenters. The van der Waals surface area contributed by atoms with Crippen molar-refractivity contribution in [2.45, 2.75) is 40.4 Å². The van der Waals surface area contributed by atoms with Crippen molar-refractivity contribution in [2.24, 2.45) is 0 Å². The van der Waals surface area contributed by atoms with Gasteiger partial charge in [-0.1, -0.05) is 54.6 Å². The molecule has 0 fully saturated rings. The van der Waals surface area contributed by atoms with Crippen LogP contribution in [0.1, 0.15) is 20.8 Å². The van der Waals surface area contributed by atoms with Gasteiger partial charge in [-0.25, -0.2) is 0 Å². The summed E-state index contributed by atoms with van der Waals surface area (Å²) in [5, 5.41) is 7.68. The Morgan fingerprint density at radius 3 is 0.815 bits per heavy atom. The van der Waals surface area contributed by atoms with Crippen LogP contribution in [0.25, 0.3) is 98.8 Å². The number of aryl methyl sites for hydroxylation is 3. The van der Waals surface area contributed by atoms with E-state index in [1.165, 1.54) is 82.1 Å². The fourth-order valence-electron chi connectivity index (χ4n) is 9.11. The molecule has 0 saturated heterocycles. The predicted molar refractivity (Wildman–Crippen MR) is 232 cm³/mol. The van der Waals surface area contributed by atoms with Gasteiger partial charge in [-0.2, -0.15) is 0 Å². The molecule has 0 aliphatic carbocycles. The number of hydrogen-bond donors (Lipinski definition) is 3. The van der Waals surface area contributed by atoms with E-state index in [0.717, 1.165) is 53.4 Å². The second kappa shape index (κ2) is 11.9. The molecule has 0 aliphatic rings. The van der Waals surface area contributed by atoms with Gasteiger partial charge in [0.2, 0.25) is 0 Å². The van der Waals surface area contributed by atoms with E-state index < -0.39 is 0 Å². The van der Waals surface area contributed by atoms with E-state index in [2.05, 4.69) is 125 Å². The van der Waals surface area contributed by atoms with Crippen molar-refractivity contribution in [1.29, 1.82) is 0 Å². The molecule has 0 spiro atoms. The van der Waals surface area contributed by atoms with E-state index in [-0.39, 0.29) is 0 Å². The lowest BCUT2D eigenvalue weighted by molar-refractivity contribution is 0.821. The first-order valence-electron chi connectivity index (χ1n) is 19.0. The van der Waals surface area contributed by atoms with Crippen LogP contribution in [0.2, 0.25) is 0 Å². The van der Waals surface area contributed by atoms with Crippen LogP contribution in [-0.4, -0.2) is 13.7 Å². The Morgan fingerprint density at radius 1 is 0.333 bits per heavy atom. The Balaban J connectivity index is 1.45. The Hall–Kier alpha value is -6.66. The highest BCUT2D eigenvalue weighted by Crippen LogP contribution is 2.49. The monoisotopic (exact) mass is 702 g/mol. The van der Waals surface area contributed by atoms with Crippen molar-refractivity contribution in [3.05, 3.63) is 127 Å². The van der Waals surface area contributed by atoms with Gasteiger partial charge in [0.05, 0.1) is 16.6 Å². The van der Waals surface area contributed by atoms with Crippen molar-refractivity contribution < 1.29 is 0 Å². The molecule has 54 heavy (non-hydrogen) atoms. The first-order chi connectivity index (χ1) is 26.4. The summed E-state index contributed by atoms with van der Waals surface area (Å²) in [6.45, 7) is 9.34. The van der Waals surface area contributed by atoms with Crippen molar-refractivity contribution in [2.75, 3.05) is 17.2 Å². The molecule has 0 saturated carbocycles. The molecule has 3 aromatic heterocycles. The number of rotatable bonds is 6. The maximum Gasteiger partial charge on any atom is 0.0614 e. The second-order valence-electron chi connectivity index (χ2n) is 14.5. The van der Waals surface area contributed by atoms with Crippen LogP contribution in [0, 0.1) is 0 Å². The van der Waals surface area contributed by atoms with E-state index in [4.69, 9.17) is 17.2 Å². The SMILES string of the molecule is CCn1c2ccc(-c3ccc(N)cc3)cc2c2c1c1c3cc(-c4ccc(N)cc4)ccc3n(CC)c1c1c3cc(-c4ccc(N)cc4)ccc3n(CC)c21. The zero-order valence-electron chi connectivity index (χ0n) is 30.8. The lowest BCUT2D eigenvalue weighted by atomic mass is 9.97. The minimum absolute atomic E-state index is 0.767. The van der Waals surface area contributed by atoms with Gasteiger partial charge in [0.25, 0.3) is 0 Å². The third-order valence-electron chi connectivity index (χ3n) is 11.6. The average molecular weight is 703 g/mol. The molecule has 0 bridgehead atoms. The third kappa shape index (κ3) is 4.53. The maximum absolute atomic E-state index is 6.12. The highest BCUT2D eigenvalue weighted by molar-refractivity contribution is 6.40. The number of nitrogen functional groups attached to an aromatic ring is 3. The number of nitrogens with zero attached hydrogens (tertiary/aromatic N) is 3. The average Bonchev–Trinajstić information content (AvgIpc) is 3.82. The number of hydrogen-bond acceptors (Lipinski definition) is 3. The zero-order valence-corrected chi connectivity index (χ0v) is 30.8. The van der Waals surface area contributed by atoms with Gasteiger partial charge >= 0.3 is 0 Å². The molecule has 6 nitrogen and oxygen atoms in total. The molecule has 6 heteroatoms. The number of anilines is 3. The first kappa shape index (κ1) is 32.0. The molecule has 0 radical (unpaired) electrons. The Labute approximate surface area is 313 Å². The first-order valence-corrected chi connectivity index (χ1v) is 19.0. The zero-order chi connectivity index (χ0) is 36.8. The van der Waals surface area contributed by atoms with Crippen molar-refractivity contribution in [3.63, 3.8) is 0 Å². The van der Waals surface area contributed by atoms with Crippen LogP contribution >= 0.6 is 0 Å². The van der Waals surface area contributed by atoms with Gasteiger partial charge < -0.3 is 30.9 Å². The number of benzene rings is 7. The molecule has 0 aliphatic heterocycles. The van der Waals surface area contributed by atoms with E-state index in [0.29, 0.717) is 0 Å². The predicted octanol–water partition coefficient (Wildman–Crippen LogP) is 11.8. The summed E-state index contributed by atoms with van der Waals surface area (Å²) in [6.07, 6.45) is 0. The topological polar surface area (TPSA) is 92.8 Å². The smallest absolute Gasteiger partial charge is 0.0614 e. The van der Waals surface area contributed by atoms with Crippen LogP contribution in [0.3, 0.4) is 0 Å². The minimum atomic E-state index is 0.767. The summed E-state index contributed by atoms with van der Waals surface area (Å²) in [5.41, 5.74) is 35.2. The van der Waals surface area contributed by atoms with Crippen LogP contribution < -0.4 is 17.2 Å². The second-order valence-corrected chi connectivity index (χ2v) is 14.5. The summed E-state index contributed by atoms with van der Waals surface area (Å²) in [4.78, 5) is 0. The lowest BCUT2D eigenvalue weighted by Gasteiger charge is -2.10. The lowest BCUT2D eigenvalue weighted by Crippen LogP contribution is -1.98. The fraction of sp³-hybridized carbons (Fsp3) is 0.125. The van der Waals surface area contributed by atoms with E-state index in [1.807, 2.05) is 36.4 Å². The fourth-order valence-corrected chi connectivity index (χ4v) is 9.11. The van der Waals surface area contributed by atoms with Crippen LogP contribution in [0.4, 0.5) is 17.1 Å². The van der Waals surface area contributed by atoms with Gasteiger partial charge in [0.1, 0.15) is 0 Å². The maximum atomic E-state index is 6.12. The quantitative estimate of drug-likeness (QED) is 0.151. The largest absolute Gasteiger partial charge is 0.399 e. The molecule has 3 heterocycles. The van der Waals surface area contributed by atoms with Gasteiger partial charge in [0.15, 0.2) is 0 Å². The normalized spacial score (nSPS) is 12.1. The molecule has 0 amide bonds. The van der Waals surface area contributed by atoms with Crippen LogP contribution in [-0.2, 0) is 19.6 Å². The summed E-state index contributed by atoms with van der Waals surface area (Å²) in [7, 11) is 0. The van der Waals surface area contributed by atoms with Crippen LogP contribution in [0.15, 0.2) is 127 Å². The summed E-state index contributed by atoms with van der Waals surface area (Å²) in [5.74, 6) is 0. The molecule has 10 rings (SSSR count). The van der Waals surface area contributed by atoms with E-state index >= 15 is 0 Å². The molecule has 7 aromatic carbocycles. The number of aromatic nitrogens is 3. The van der Waals surface area contributed by atoms with Crippen molar-refractivity contribution in [1.82, 2.24) is 13.7 Å². The molecule has 0 unspecified atom stereocenters. The van der Waals surface area contributed by atoms with Crippen molar-refractivity contribution >= 4 is 82.5 Å². The van der Waals surface area contributed by atoms with E-state index in [9.17, 15) is 0 Å². The Morgan fingerprint density at radius 2 is 0.574 bits per heavy atom. The van der Waals surface area contributed by atoms with Gasteiger partial charge in [0, 0.05) is 85.6 Å². The summed E-state index contributed by atoms with van der Waals surface area (Å²) < 4.78 is 7.64. The third-order valence-corrected chi connectivity index (χ3v) is 11.6. The highest BCUT2D eigenvalue weighted by atomic mass is 15.0. The number of nitrogens with two attached hydrogens (primary N) is 3. The minimum Gasteiger partial charge on any atom is -0.399 e. The van der Waals surface area contributed by atoms with Crippen LogP contribution in [0.5, 0.6) is 0 Å². The van der Waals surface area contributed by atoms with Gasteiger partial charge in [-0.15, -0.1) is 0 Å². The Bertz CT molecular complexity index is 2730. The molecular weight excluding hydrogens is 661 g/mol. The van der Waals surface area contributed by atoms with Gasteiger partial charge in [-0.3, -0.25) is 0 Å². The van der Waals surface area contributed by atoms with Crippen molar-refractivity contribution in [3.8, 4) is 33.4 Å². The van der Waals surface area contributed by atoms with E-state index in [1.54, 1.807) is 0 Å². The standard InChI is InChI=1S/C48H42N6/c1-4-52-40-22-13-31(28-7-16-34(49)17-8-28)25-37(40)43-46(52)44-38-26-32(29-9-18-35(50)19-10-29)14-23-41(38)53(5-2)48(44)45-39-27-33(30-11-20-36(51)21-12-30)15-24-42(39)54(6-3)47(43)45/h7-27H,4-6,49-51H2,1-3H3. The highest BCUT2D eigenvalue weighted by Gasteiger charge is 2.27. The molecule has 10 aromatic rings. The molecular formula is C48H42N6. The van der Waals surface area contributed by atoms with Gasteiger partial charge in [-0.05, 0) is 127 Å². The summed E-state index contributed by atoms with van der Waals surface area (Å²) in [6, 6.07) is 45.6. The summed E-state index contributed by atoms with van der Waals surface area (Å²) >= 11 is 0. The molecule has 264 valence electrons. The molecule has 6 N–H and O–H groups in total. The Kier molecular flexibility index (Phi) is 7.08.